The van der Waals surface area contributed by atoms with Crippen molar-refractivity contribution in [3.63, 3.8) is 0 Å². The summed E-state index contributed by atoms with van der Waals surface area (Å²) >= 11 is 0. The molecule has 33 heavy (non-hydrogen) atoms. The minimum Gasteiger partial charge on any atom is -0.339 e. The fourth-order valence-corrected chi connectivity index (χ4v) is 3.52. The summed E-state index contributed by atoms with van der Waals surface area (Å²) in [4.78, 5) is 21.5. The number of benzene rings is 2. The molecule has 1 amide bonds. The van der Waals surface area contributed by atoms with Gasteiger partial charge in [0.2, 0.25) is 11.7 Å². The van der Waals surface area contributed by atoms with Gasteiger partial charge in [0, 0.05) is 36.3 Å². The lowest BCUT2D eigenvalue weighted by Crippen LogP contribution is -2.17. The summed E-state index contributed by atoms with van der Waals surface area (Å²) in [5.41, 5.74) is 4.52. The summed E-state index contributed by atoms with van der Waals surface area (Å²) in [6.45, 7) is 0. The molecule has 0 aliphatic carbocycles. The van der Waals surface area contributed by atoms with Crippen molar-refractivity contribution in [2.24, 2.45) is 7.05 Å². The van der Waals surface area contributed by atoms with Crippen LogP contribution in [0.1, 0.15) is 21.9 Å². The standard InChI is InChI=1S/C25H20N6O2/c1-31-22(16-21(29-31)17-7-3-2-4-8-17)25(32)27-20-10-6-5-9-19(20)15-23-28-24(30-33-23)18-11-13-26-14-12-18/h2-14,16H,15H2,1H3,(H,27,32). The van der Waals surface area contributed by atoms with E-state index in [-0.39, 0.29) is 5.91 Å². The van der Waals surface area contributed by atoms with Gasteiger partial charge in [-0.3, -0.25) is 14.5 Å². The van der Waals surface area contributed by atoms with E-state index in [1.165, 1.54) is 0 Å². The number of nitrogens with zero attached hydrogens (tertiary/aromatic N) is 5. The van der Waals surface area contributed by atoms with Crippen molar-refractivity contribution in [3.8, 4) is 22.6 Å². The molecule has 0 atom stereocenters. The van der Waals surface area contributed by atoms with Gasteiger partial charge in [-0.25, -0.2) is 0 Å². The zero-order chi connectivity index (χ0) is 22.6. The summed E-state index contributed by atoms with van der Waals surface area (Å²) < 4.78 is 7.01. The lowest BCUT2D eigenvalue weighted by Gasteiger charge is -2.09. The van der Waals surface area contributed by atoms with E-state index < -0.39 is 0 Å². The molecule has 1 N–H and O–H groups in total. The van der Waals surface area contributed by atoms with E-state index in [4.69, 9.17) is 4.52 Å². The third-order valence-electron chi connectivity index (χ3n) is 5.20. The average molecular weight is 436 g/mol. The first-order valence-electron chi connectivity index (χ1n) is 10.4. The molecule has 5 aromatic rings. The molecule has 8 nitrogen and oxygen atoms in total. The molecular formula is C25H20N6O2. The van der Waals surface area contributed by atoms with Crippen molar-refractivity contribution in [2.75, 3.05) is 5.32 Å². The van der Waals surface area contributed by atoms with Crippen LogP contribution in [-0.4, -0.2) is 30.8 Å². The molecule has 3 heterocycles. The topological polar surface area (TPSA) is 98.7 Å². The van der Waals surface area contributed by atoms with E-state index in [2.05, 4.69) is 25.5 Å². The first-order chi connectivity index (χ1) is 16.2. The van der Waals surface area contributed by atoms with Crippen molar-refractivity contribution in [1.29, 1.82) is 0 Å². The molecule has 2 aromatic carbocycles. The van der Waals surface area contributed by atoms with Crippen molar-refractivity contribution in [2.45, 2.75) is 6.42 Å². The Morgan fingerprint density at radius 3 is 2.55 bits per heavy atom. The first kappa shape index (κ1) is 20.3. The highest BCUT2D eigenvalue weighted by Crippen LogP contribution is 2.23. The number of para-hydroxylation sites is 1. The second-order valence-electron chi connectivity index (χ2n) is 7.44. The van der Waals surface area contributed by atoms with Gasteiger partial charge >= 0.3 is 0 Å². The number of anilines is 1. The predicted octanol–water partition coefficient (Wildman–Crippen LogP) is 4.38. The third kappa shape index (κ3) is 4.40. The molecule has 0 spiro atoms. The number of rotatable bonds is 6. The van der Waals surface area contributed by atoms with Gasteiger partial charge in [-0.05, 0) is 29.8 Å². The number of hydrogen-bond acceptors (Lipinski definition) is 6. The number of carbonyl (C=O) groups excluding carboxylic acids is 1. The summed E-state index contributed by atoms with van der Waals surface area (Å²) in [5.74, 6) is 0.704. The molecule has 162 valence electrons. The molecule has 3 aromatic heterocycles. The quantitative estimate of drug-likeness (QED) is 0.424. The normalized spacial score (nSPS) is 10.8. The Kier molecular flexibility index (Phi) is 5.47. The molecular weight excluding hydrogens is 416 g/mol. The highest BCUT2D eigenvalue weighted by molar-refractivity contribution is 6.04. The fraction of sp³-hybridized carbons (Fsp3) is 0.0800. The Morgan fingerprint density at radius 1 is 0.970 bits per heavy atom. The van der Waals surface area contributed by atoms with Crippen molar-refractivity contribution in [3.05, 3.63) is 102 Å². The van der Waals surface area contributed by atoms with E-state index in [0.717, 1.165) is 22.4 Å². The van der Waals surface area contributed by atoms with Gasteiger partial charge in [0.25, 0.3) is 5.91 Å². The molecule has 5 rings (SSSR count). The number of pyridine rings is 1. The lowest BCUT2D eigenvalue weighted by atomic mass is 10.1. The van der Waals surface area contributed by atoms with Gasteiger partial charge in [-0.2, -0.15) is 10.1 Å². The molecule has 0 aliphatic heterocycles. The number of aromatic nitrogens is 5. The maximum Gasteiger partial charge on any atom is 0.273 e. The summed E-state index contributed by atoms with van der Waals surface area (Å²) in [6, 6.07) is 22.7. The highest BCUT2D eigenvalue weighted by Gasteiger charge is 2.17. The number of aryl methyl sites for hydroxylation is 1. The summed E-state index contributed by atoms with van der Waals surface area (Å²) in [5, 5.41) is 11.5. The Balaban J connectivity index is 1.35. The van der Waals surface area contributed by atoms with Gasteiger partial charge < -0.3 is 9.84 Å². The minimum absolute atomic E-state index is 0.248. The maximum atomic E-state index is 13.0. The molecule has 0 bridgehead atoms. The Labute approximate surface area is 189 Å². The summed E-state index contributed by atoms with van der Waals surface area (Å²) in [7, 11) is 1.76. The van der Waals surface area contributed by atoms with Crippen LogP contribution in [0, 0.1) is 0 Å². The Morgan fingerprint density at radius 2 is 1.73 bits per heavy atom. The van der Waals surface area contributed by atoms with Gasteiger partial charge in [0.1, 0.15) is 5.69 Å². The number of amides is 1. The Bertz CT molecular complexity index is 1390. The van der Waals surface area contributed by atoms with Crippen LogP contribution in [0.4, 0.5) is 5.69 Å². The van der Waals surface area contributed by atoms with Crippen LogP contribution in [0.3, 0.4) is 0 Å². The van der Waals surface area contributed by atoms with Gasteiger partial charge in [0.05, 0.1) is 12.1 Å². The molecule has 0 saturated heterocycles. The lowest BCUT2D eigenvalue weighted by molar-refractivity contribution is 0.101. The predicted molar refractivity (Wildman–Crippen MR) is 123 cm³/mol. The zero-order valence-electron chi connectivity index (χ0n) is 17.8. The smallest absolute Gasteiger partial charge is 0.273 e. The van der Waals surface area contributed by atoms with Crippen LogP contribution in [0.15, 0.2) is 89.7 Å². The van der Waals surface area contributed by atoms with Crippen molar-refractivity contribution in [1.82, 2.24) is 24.9 Å². The number of carbonyl (C=O) groups is 1. The van der Waals surface area contributed by atoms with Crippen LogP contribution in [0.2, 0.25) is 0 Å². The van der Waals surface area contributed by atoms with Crippen LogP contribution >= 0.6 is 0 Å². The molecule has 0 radical (unpaired) electrons. The maximum absolute atomic E-state index is 13.0. The highest BCUT2D eigenvalue weighted by atomic mass is 16.5. The first-order valence-corrected chi connectivity index (χ1v) is 10.4. The fourth-order valence-electron chi connectivity index (χ4n) is 3.52. The average Bonchev–Trinajstić information content (AvgIpc) is 3.48. The Hall–Kier alpha value is -4.59. The van der Waals surface area contributed by atoms with E-state index in [0.29, 0.717) is 29.5 Å². The van der Waals surface area contributed by atoms with E-state index in [1.807, 2.05) is 66.7 Å². The largest absolute Gasteiger partial charge is 0.339 e. The SMILES string of the molecule is Cn1nc(-c2ccccc2)cc1C(=O)Nc1ccccc1Cc1nc(-c2ccncc2)no1. The monoisotopic (exact) mass is 436 g/mol. The number of nitrogens with one attached hydrogen (secondary N) is 1. The van der Waals surface area contributed by atoms with Crippen LogP contribution in [0.5, 0.6) is 0 Å². The molecule has 0 fully saturated rings. The van der Waals surface area contributed by atoms with Crippen molar-refractivity contribution < 1.29 is 9.32 Å². The van der Waals surface area contributed by atoms with Gasteiger partial charge in [0.15, 0.2) is 0 Å². The van der Waals surface area contributed by atoms with E-state index >= 15 is 0 Å². The van der Waals surface area contributed by atoms with E-state index in [9.17, 15) is 4.79 Å². The second-order valence-corrected chi connectivity index (χ2v) is 7.44. The van der Waals surface area contributed by atoms with E-state index in [1.54, 1.807) is 30.2 Å². The van der Waals surface area contributed by atoms with Crippen LogP contribution in [0.25, 0.3) is 22.6 Å². The third-order valence-corrected chi connectivity index (χ3v) is 5.20. The van der Waals surface area contributed by atoms with Gasteiger partial charge in [-0.15, -0.1) is 0 Å². The molecule has 0 saturated carbocycles. The second kappa shape index (κ2) is 8.88. The molecule has 0 unspecified atom stereocenters. The molecule has 8 heteroatoms. The van der Waals surface area contributed by atoms with Gasteiger partial charge in [-0.1, -0.05) is 53.7 Å². The summed E-state index contributed by atoms with van der Waals surface area (Å²) in [6.07, 6.45) is 3.74. The van der Waals surface area contributed by atoms with Crippen molar-refractivity contribution >= 4 is 11.6 Å². The number of hydrogen-bond donors (Lipinski definition) is 1. The van der Waals surface area contributed by atoms with Crippen LogP contribution < -0.4 is 5.32 Å². The molecule has 0 aliphatic rings. The zero-order valence-corrected chi connectivity index (χ0v) is 17.8. The van der Waals surface area contributed by atoms with Crippen LogP contribution in [-0.2, 0) is 13.5 Å². The minimum atomic E-state index is -0.248.